The molecule has 0 bridgehead atoms. The molecule has 0 aliphatic carbocycles. The molecule has 0 aliphatic heterocycles. The van der Waals surface area contributed by atoms with E-state index in [4.69, 9.17) is 19.3 Å². The zero-order valence-electron chi connectivity index (χ0n) is 20.1. The predicted molar refractivity (Wildman–Crippen MR) is 124 cm³/mol. The first-order chi connectivity index (χ1) is 15.3. The lowest BCUT2D eigenvalue weighted by molar-refractivity contribution is -0.161. The summed E-state index contributed by atoms with van der Waals surface area (Å²) < 4.78 is 25.7. The van der Waals surface area contributed by atoms with Crippen LogP contribution in [0.25, 0.3) is 0 Å². The minimum absolute atomic E-state index is 0.207. The van der Waals surface area contributed by atoms with Crippen LogP contribution in [0.1, 0.15) is 117 Å². The van der Waals surface area contributed by atoms with Crippen molar-refractivity contribution in [2.24, 2.45) is 0 Å². The molecule has 0 radical (unpaired) electrons. The minimum Gasteiger partial charge on any atom is -0.462 e. The van der Waals surface area contributed by atoms with Gasteiger partial charge in [-0.15, -0.1) is 0 Å². The molecule has 0 aromatic rings. The largest absolute Gasteiger partial charge is 0.469 e. The van der Waals surface area contributed by atoms with E-state index in [2.05, 4.69) is 18.4 Å². The predicted octanol–water partition coefficient (Wildman–Crippen LogP) is 5.83. The Balaban J connectivity index is 4.06. The van der Waals surface area contributed by atoms with Gasteiger partial charge in [0.25, 0.3) is 0 Å². The molecule has 190 valence electrons. The fourth-order valence-corrected chi connectivity index (χ4v) is 3.61. The van der Waals surface area contributed by atoms with Crippen LogP contribution in [0.4, 0.5) is 0 Å². The second-order valence-electron chi connectivity index (χ2n) is 8.32. The highest BCUT2D eigenvalue weighted by Gasteiger charge is 2.22. The molecule has 0 fully saturated rings. The van der Waals surface area contributed by atoms with Gasteiger partial charge in [-0.25, -0.2) is 4.57 Å². The third kappa shape index (κ3) is 22.3. The zero-order valence-corrected chi connectivity index (χ0v) is 21.0. The van der Waals surface area contributed by atoms with Crippen LogP contribution in [0.5, 0.6) is 0 Å². The number of hydrogen-bond acceptors (Lipinski definition) is 6. The number of carbonyl (C=O) groups excluding carboxylic acids is 2. The van der Waals surface area contributed by atoms with Crippen LogP contribution in [-0.2, 0) is 28.2 Å². The fourth-order valence-electron chi connectivity index (χ4n) is 3.25. The molecule has 0 aromatic heterocycles. The van der Waals surface area contributed by atoms with Crippen LogP contribution in [0, 0.1) is 0 Å². The third-order valence-corrected chi connectivity index (χ3v) is 5.61. The minimum atomic E-state index is -4.71. The topological polar surface area (TPSA) is 119 Å². The van der Waals surface area contributed by atoms with E-state index < -0.39 is 32.5 Å². The summed E-state index contributed by atoms with van der Waals surface area (Å²) in [5.41, 5.74) is 0. The van der Waals surface area contributed by atoms with E-state index in [0.717, 1.165) is 38.5 Å². The van der Waals surface area contributed by atoms with E-state index in [9.17, 15) is 14.2 Å². The maximum Gasteiger partial charge on any atom is 0.469 e. The van der Waals surface area contributed by atoms with E-state index >= 15 is 0 Å². The maximum absolute atomic E-state index is 12.0. The van der Waals surface area contributed by atoms with Gasteiger partial charge in [0.05, 0.1) is 6.61 Å². The van der Waals surface area contributed by atoms with E-state index in [0.29, 0.717) is 6.42 Å². The van der Waals surface area contributed by atoms with Gasteiger partial charge in [0, 0.05) is 12.8 Å². The van der Waals surface area contributed by atoms with E-state index in [-0.39, 0.29) is 19.4 Å². The third-order valence-electron chi connectivity index (χ3n) is 5.13. The lowest BCUT2D eigenvalue weighted by Gasteiger charge is -2.18. The van der Waals surface area contributed by atoms with Crippen LogP contribution < -0.4 is 0 Å². The van der Waals surface area contributed by atoms with Crippen molar-refractivity contribution in [1.29, 1.82) is 0 Å². The van der Waals surface area contributed by atoms with Crippen molar-refractivity contribution in [2.75, 3.05) is 13.2 Å². The average Bonchev–Trinajstić information content (AvgIpc) is 2.74. The number of phosphoric ester groups is 1. The summed E-state index contributed by atoms with van der Waals surface area (Å²) in [7, 11) is -4.71. The van der Waals surface area contributed by atoms with Gasteiger partial charge in [-0.3, -0.25) is 14.1 Å². The first-order valence-corrected chi connectivity index (χ1v) is 13.9. The number of phosphoric acid groups is 1. The zero-order chi connectivity index (χ0) is 24.1. The van der Waals surface area contributed by atoms with Gasteiger partial charge >= 0.3 is 19.8 Å². The molecule has 2 N–H and O–H groups in total. The highest BCUT2D eigenvalue weighted by atomic mass is 31.2. The summed E-state index contributed by atoms with van der Waals surface area (Å²) in [4.78, 5) is 41.7. The van der Waals surface area contributed by atoms with Gasteiger partial charge in [-0.1, -0.05) is 90.9 Å². The number of rotatable bonds is 22. The molecular weight excluding hydrogens is 435 g/mol. The van der Waals surface area contributed by atoms with Gasteiger partial charge < -0.3 is 19.3 Å². The first-order valence-electron chi connectivity index (χ1n) is 12.3. The number of carbonyl (C=O) groups is 2. The van der Waals surface area contributed by atoms with Crippen LogP contribution in [0.3, 0.4) is 0 Å². The quantitative estimate of drug-likeness (QED) is 0.113. The molecule has 0 heterocycles. The van der Waals surface area contributed by atoms with Crippen molar-refractivity contribution in [3.05, 3.63) is 0 Å². The van der Waals surface area contributed by atoms with E-state index in [1.165, 1.54) is 44.9 Å². The molecule has 0 amide bonds. The molecule has 0 rings (SSSR count). The Morgan fingerprint density at radius 2 is 1.12 bits per heavy atom. The number of hydrogen-bond donors (Lipinski definition) is 2. The molecule has 0 unspecified atom stereocenters. The van der Waals surface area contributed by atoms with Gasteiger partial charge in [0.1, 0.15) is 6.61 Å². The fraction of sp³-hybridized carbons (Fsp3) is 0.913. The summed E-state index contributed by atoms with van der Waals surface area (Å²) in [6.07, 6.45) is 14.7. The molecular formula is C23H45O8P. The Morgan fingerprint density at radius 1 is 0.688 bits per heavy atom. The monoisotopic (exact) mass is 480 g/mol. The van der Waals surface area contributed by atoms with Crippen molar-refractivity contribution >= 4 is 19.8 Å². The Kier molecular flexibility index (Phi) is 20.0. The van der Waals surface area contributed by atoms with Gasteiger partial charge in [-0.05, 0) is 12.8 Å². The Morgan fingerprint density at radius 3 is 1.62 bits per heavy atom. The maximum atomic E-state index is 12.0. The lowest BCUT2D eigenvalue weighted by Crippen LogP contribution is -2.29. The Bertz CT molecular complexity index is 520. The number of esters is 2. The molecule has 9 heteroatoms. The molecule has 0 saturated carbocycles. The summed E-state index contributed by atoms with van der Waals surface area (Å²) in [6.45, 7) is 3.47. The summed E-state index contributed by atoms with van der Waals surface area (Å²) >= 11 is 0. The molecule has 32 heavy (non-hydrogen) atoms. The second-order valence-corrected chi connectivity index (χ2v) is 9.56. The molecule has 1 atom stereocenters. The van der Waals surface area contributed by atoms with E-state index in [1.807, 2.05) is 0 Å². The molecule has 0 aliphatic rings. The molecule has 0 aromatic carbocycles. The standard InChI is InChI=1S/C23H45O8P/c1-3-5-7-9-10-11-12-13-14-16-17-22(24)29-19-21(20-30-32(26,27)28)31-23(25)18-15-8-6-4-2/h21H,3-20H2,1-2H3,(H2,26,27,28)/t21-/m1/s1. The first kappa shape index (κ1) is 31.0. The molecule has 0 saturated heterocycles. The second kappa shape index (κ2) is 20.6. The lowest BCUT2D eigenvalue weighted by atomic mass is 10.1. The Hall–Kier alpha value is -0.950. The van der Waals surface area contributed by atoms with E-state index in [1.54, 1.807) is 0 Å². The van der Waals surface area contributed by atoms with Gasteiger partial charge in [0.15, 0.2) is 6.10 Å². The smallest absolute Gasteiger partial charge is 0.462 e. The normalized spacial score (nSPS) is 12.5. The summed E-state index contributed by atoms with van der Waals surface area (Å²) in [5, 5.41) is 0. The number of ether oxygens (including phenoxy) is 2. The molecule has 0 spiro atoms. The van der Waals surface area contributed by atoms with Crippen LogP contribution in [0.15, 0.2) is 0 Å². The van der Waals surface area contributed by atoms with Crippen molar-refractivity contribution in [2.45, 2.75) is 123 Å². The summed E-state index contributed by atoms with van der Waals surface area (Å²) in [6, 6.07) is 0. The van der Waals surface area contributed by atoms with Crippen molar-refractivity contribution < 1.29 is 37.9 Å². The summed E-state index contributed by atoms with van der Waals surface area (Å²) in [5.74, 6) is -0.907. The van der Waals surface area contributed by atoms with Gasteiger partial charge in [-0.2, -0.15) is 0 Å². The van der Waals surface area contributed by atoms with Crippen LogP contribution in [-0.4, -0.2) is 41.0 Å². The average molecular weight is 481 g/mol. The molecule has 8 nitrogen and oxygen atoms in total. The number of unbranched alkanes of at least 4 members (excludes halogenated alkanes) is 12. The highest BCUT2D eigenvalue weighted by Crippen LogP contribution is 2.35. The Labute approximate surface area is 194 Å². The van der Waals surface area contributed by atoms with Crippen molar-refractivity contribution in [1.82, 2.24) is 0 Å². The SMILES string of the molecule is CCCCCCCCCCCCC(=O)OC[C@H](COP(=O)(O)O)OC(=O)CCCCCC. The van der Waals surface area contributed by atoms with Crippen molar-refractivity contribution in [3.63, 3.8) is 0 Å². The van der Waals surface area contributed by atoms with Crippen LogP contribution >= 0.6 is 7.82 Å². The van der Waals surface area contributed by atoms with Gasteiger partial charge in [0.2, 0.25) is 0 Å². The highest BCUT2D eigenvalue weighted by molar-refractivity contribution is 7.46. The van der Waals surface area contributed by atoms with Crippen molar-refractivity contribution in [3.8, 4) is 0 Å². The van der Waals surface area contributed by atoms with Crippen LogP contribution in [0.2, 0.25) is 0 Å².